The number of aromatic nitrogens is 4. The molecule has 0 atom stereocenters. The summed E-state index contributed by atoms with van der Waals surface area (Å²) >= 11 is 1.80. The Morgan fingerprint density at radius 3 is 2.82 bits per heavy atom. The van der Waals surface area contributed by atoms with Gasteiger partial charge >= 0.3 is 0 Å². The molecule has 0 radical (unpaired) electrons. The van der Waals surface area contributed by atoms with E-state index in [4.69, 9.17) is 5.10 Å². The van der Waals surface area contributed by atoms with Crippen molar-refractivity contribution in [2.75, 3.05) is 5.32 Å². The van der Waals surface area contributed by atoms with Crippen molar-refractivity contribution in [1.29, 1.82) is 0 Å². The molecule has 28 heavy (non-hydrogen) atoms. The number of anilines is 1. The molecule has 7 heteroatoms. The lowest BCUT2D eigenvalue weighted by molar-refractivity contribution is 0.102. The summed E-state index contributed by atoms with van der Waals surface area (Å²) in [6, 6.07) is 15.6. The minimum absolute atomic E-state index is 0.285. The van der Waals surface area contributed by atoms with Gasteiger partial charge in [0.1, 0.15) is 11.5 Å². The number of hydrogen-bond donors (Lipinski definition) is 1. The number of hydrogen-bond acceptors (Lipinski definition) is 5. The molecule has 0 unspecified atom stereocenters. The molecule has 1 aliphatic heterocycles. The Morgan fingerprint density at radius 2 is 1.96 bits per heavy atom. The summed E-state index contributed by atoms with van der Waals surface area (Å²) < 4.78 is 1.82. The van der Waals surface area contributed by atoms with E-state index in [-0.39, 0.29) is 11.6 Å². The molecule has 0 saturated heterocycles. The van der Waals surface area contributed by atoms with E-state index in [0.717, 1.165) is 39.5 Å². The van der Waals surface area contributed by atoms with Crippen LogP contribution >= 0.6 is 11.8 Å². The van der Waals surface area contributed by atoms with E-state index in [2.05, 4.69) is 21.4 Å². The quantitative estimate of drug-likeness (QED) is 0.572. The largest absolute Gasteiger partial charge is 0.305 e. The zero-order valence-electron chi connectivity index (χ0n) is 15.2. The third-order valence-electron chi connectivity index (χ3n) is 4.71. The van der Waals surface area contributed by atoms with Gasteiger partial charge in [-0.2, -0.15) is 16.9 Å². The Hall–Kier alpha value is -3.19. The zero-order valence-corrected chi connectivity index (χ0v) is 16.0. The van der Waals surface area contributed by atoms with Crippen molar-refractivity contribution in [3.63, 3.8) is 0 Å². The molecular weight excluding hydrogens is 370 g/mol. The van der Waals surface area contributed by atoms with Gasteiger partial charge in [0.2, 0.25) is 0 Å². The first kappa shape index (κ1) is 16.9. The molecule has 0 bridgehead atoms. The van der Waals surface area contributed by atoms with Crippen molar-refractivity contribution >= 4 is 34.5 Å². The predicted octanol–water partition coefficient (Wildman–Crippen LogP) is 4.12. The SMILES string of the molecule is Cc1cccc(-n2nc3c(c2NC(=O)c2cnc4ccccc4n2)CSC3)c1. The fourth-order valence-electron chi connectivity index (χ4n) is 3.33. The predicted molar refractivity (Wildman–Crippen MR) is 111 cm³/mol. The lowest BCUT2D eigenvalue weighted by Gasteiger charge is -2.11. The van der Waals surface area contributed by atoms with Crippen LogP contribution in [-0.4, -0.2) is 25.7 Å². The number of amides is 1. The number of nitrogens with zero attached hydrogens (tertiary/aromatic N) is 4. The Bertz CT molecular complexity index is 1220. The summed E-state index contributed by atoms with van der Waals surface area (Å²) in [4.78, 5) is 21.7. The second-order valence-electron chi connectivity index (χ2n) is 6.72. The van der Waals surface area contributed by atoms with E-state index in [0.29, 0.717) is 11.3 Å². The maximum absolute atomic E-state index is 12.9. The molecule has 1 amide bonds. The molecule has 0 saturated carbocycles. The van der Waals surface area contributed by atoms with Gasteiger partial charge in [0.05, 0.1) is 28.6 Å². The Morgan fingerprint density at radius 1 is 1.11 bits per heavy atom. The van der Waals surface area contributed by atoms with E-state index < -0.39 is 0 Å². The van der Waals surface area contributed by atoms with Gasteiger partial charge in [0, 0.05) is 17.1 Å². The highest BCUT2D eigenvalue weighted by Crippen LogP contribution is 2.36. The third kappa shape index (κ3) is 2.93. The number of carbonyl (C=O) groups excluding carboxylic acids is 1. The smallest absolute Gasteiger partial charge is 0.277 e. The Labute approximate surface area is 166 Å². The summed E-state index contributed by atoms with van der Waals surface area (Å²) in [7, 11) is 0. The summed E-state index contributed by atoms with van der Waals surface area (Å²) in [5.74, 6) is 2.12. The van der Waals surface area contributed by atoms with Gasteiger partial charge in [0.25, 0.3) is 5.91 Å². The van der Waals surface area contributed by atoms with Crippen LogP contribution in [0, 0.1) is 6.92 Å². The summed E-state index contributed by atoms with van der Waals surface area (Å²) in [5.41, 5.74) is 5.92. The van der Waals surface area contributed by atoms with E-state index >= 15 is 0 Å². The zero-order chi connectivity index (χ0) is 19.1. The molecule has 0 spiro atoms. The van der Waals surface area contributed by atoms with Crippen LogP contribution in [0.25, 0.3) is 16.7 Å². The number of nitrogens with one attached hydrogen (secondary N) is 1. The van der Waals surface area contributed by atoms with Crippen molar-refractivity contribution in [2.24, 2.45) is 0 Å². The lowest BCUT2D eigenvalue weighted by Crippen LogP contribution is -2.18. The molecular formula is C21H17N5OS. The monoisotopic (exact) mass is 387 g/mol. The Kier molecular flexibility index (Phi) is 4.09. The molecule has 4 aromatic rings. The van der Waals surface area contributed by atoms with Crippen molar-refractivity contribution in [2.45, 2.75) is 18.4 Å². The molecule has 2 aromatic heterocycles. The number of carbonyl (C=O) groups is 1. The van der Waals surface area contributed by atoms with Crippen LogP contribution in [0.3, 0.4) is 0 Å². The topological polar surface area (TPSA) is 72.7 Å². The molecule has 3 heterocycles. The fraction of sp³-hybridized carbons (Fsp3) is 0.143. The van der Waals surface area contributed by atoms with Crippen LogP contribution in [0.15, 0.2) is 54.7 Å². The van der Waals surface area contributed by atoms with Crippen LogP contribution in [0.4, 0.5) is 5.82 Å². The number of benzene rings is 2. The van der Waals surface area contributed by atoms with Gasteiger partial charge in [-0.15, -0.1) is 0 Å². The normalized spacial score (nSPS) is 12.9. The average molecular weight is 387 g/mol. The Balaban J connectivity index is 1.54. The van der Waals surface area contributed by atoms with Gasteiger partial charge in [-0.25, -0.2) is 9.67 Å². The highest BCUT2D eigenvalue weighted by atomic mass is 32.2. The molecule has 1 N–H and O–H groups in total. The minimum Gasteiger partial charge on any atom is -0.305 e. The maximum Gasteiger partial charge on any atom is 0.277 e. The number of fused-ring (bicyclic) bond motifs is 2. The van der Waals surface area contributed by atoms with E-state index in [1.54, 1.807) is 11.8 Å². The number of para-hydroxylation sites is 2. The molecule has 138 valence electrons. The maximum atomic E-state index is 12.9. The first-order valence-electron chi connectivity index (χ1n) is 8.98. The molecule has 0 fully saturated rings. The number of rotatable bonds is 3. The highest BCUT2D eigenvalue weighted by molar-refractivity contribution is 7.98. The van der Waals surface area contributed by atoms with E-state index in [1.165, 1.54) is 6.20 Å². The van der Waals surface area contributed by atoms with E-state index in [9.17, 15) is 4.79 Å². The minimum atomic E-state index is -0.285. The number of aryl methyl sites for hydroxylation is 1. The van der Waals surface area contributed by atoms with Gasteiger partial charge < -0.3 is 5.32 Å². The standard InChI is InChI=1S/C21H17N5OS/c1-13-5-4-6-14(9-13)26-20(15-11-28-12-19(15)25-26)24-21(27)18-10-22-16-7-2-3-8-17(16)23-18/h2-10H,11-12H2,1H3,(H,24,27). The van der Waals surface area contributed by atoms with Crippen LogP contribution in [-0.2, 0) is 11.5 Å². The second kappa shape index (κ2) is 6.76. The van der Waals surface area contributed by atoms with Crippen LogP contribution in [0.5, 0.6) is 0 Å². The van der Waals surface area contributed by atoms with Crippen molar-refractivity contribution in [3.8, 4) is 5.69 Å². The number of thioether (sulfide) groups is 1. The highest BCUT2D eigenvalue weighted by Gasteiger charge is 2.25. The molecule has 1 aliphatic rings. The second-order valence-corrected chi connectivity index (χ2v) is 7.70. The van der Waals surface area contributed by atoms with Gasteiger partial charge in [-0.1, -0.05) is 24.3 Å². The summed E-state index contributed by atoms with van der Waals surface area (Å²) in [5, 5.41) is 7.78. The van der Waals surface area contributed by atoms with E-state index in [1.807, 2.05) is 54.1 Å². The van der Waals surface area contributed by atoms with Crippen molar-refractivity contribution in [1.82, 2.24) is 19.7 Å². The first-order chi connectivity index (χ1) is 13.7. The van der Waals surface area contributed by atoms with Gasteiger partial charge in [-0.3, -0.25) is 9.78 Å². The first-order valence-corrected chi connectivity index (χ1v) is 10.1. The van der Waals surface area contributed by atoms with Gasteiger partial charge in [0.15, 0.2) is 0 Å². The van der Waals surface area contributed by atoms with Crippen molar-refractivity contribution in [3.05, 3.63) is 77.2 Å². The van der Waals surface area contributed by atoms with Crippen LogP contribution in [0.2, 0.25) is 0 Å². The van der Waals surface area contributed by atoms with Crippen LogP contribution in [0.1, 0.15) is 27.3 Å². The van der Waals surface area contributed by atoms with Crippen LogP contribution < -0.4 is 5.32 Å². The van der Waals surface area contributed by atoms with Crippen molar-refractivity contribution < 1.29 is 4.79 Å². The summed E-state index contributed by atoms with van der Waals surface area (Å²) in [6.07, 6.45) is 1.51. The molecule has 2 aromatic carbocycles. The molecule has 6 nitrogen and oxygen atoms in total. The molecule has 5 rings (SSSR count). The summed E-state index contributed by atoms with van der Waals surface area (Å²) in [6.45, 7) is 2.04. The fourth-order valence-corrected chi connectivity index (χ4v) is 4.36. The average Bonchev–Trinajstić information content (AvgIpc) is 3.30. The van der Waals surface area contributed by atoms with Gasteiger partial charge in [-0.05, 0) is 36.8 Å². The lowest BCUT2D eigenvalue weighted by atomic mass is 10.2. The molecule has 0 aliphatic carbocycles. The third-order valence-corrected chi connectivity index (χ3v) is 5.68.